The van der Waals surface area contributed by atoms with Crippen molar-refractivity contribution in [2.24, 2.45) is 0 Å². The van der Waals surface area contributed by atoms with E-state index in [2.05, 4.69) is 46.7 Å². The molecule has 0 bridgehead atoms. The van der Waals surface area contributed by atoms with Gasteiger partial charge < -0.3 is 10.4 Å². The Labute approximate surface area is 86.1 Å². The maximum Gasteiger partial charge on any atom is 0.404 e. The van der Waals surface area contributed by atoms with Gasteiger partial charge in [0.25, 0.3) is 0 Å². The van der Waals surface area contributed by atoms with Gasteiger partial charge in [-0.25, -0.2) is 4.79 Å². The summed E-state index contributed by atoms with van der Waals surface area (Å²) in [7, 11) is 0. The number of unbranched alkanes of at least 4 members (excludes halogenated alkanes) is 1. The van der Waals surface area contributed by atoms with E-state index in [1.165, 1.54) is 0 Å². The first-order valence-corrected chi connectivity index (χ1v) is 5.00. The molecular formula is C8H12INO2. The lowest BCUT2D eigenvalue weighted by Gasteiger charge is -2.00. The van der Waals surface area contributed by atoms with E-state index >= 15 is 0 Å². The van der Waals surface area contributed by atoms with Crippen LogP contribution < -0.4 is 5.32 Å². The first-order chi connectivity index (χ1) is 5.66. The minimum Gasteiger partial charge on any atom is -0.465 e. The lowest BCUT2D eigenvalue weighted by atomic mass is 10.3. The summed E-state index contributed by atoms with van der Waals surface area (Å²) in [6.45, 7) is 2.46. The molecule has 0 aromatic carbocycles. The zero-order valence-corrected chi connectivity index (χ0v) is 9.09. The summed E-state index contributed by atoms with van der Waals surface area (Å²) in [6, 6.07) is 0. The van der Waals surface area contributed by atoms with Gasteiger partial charge in [-0.2, -0.15) is 0 Å². The molecular weight excluding hydrogens is 269 g/mol. The molecule has 0 spiro atoms. The number of amides is 1. The Morgan fingerprint density at radius 1 is 1.75 bits per heavy atom. The summed E-state index contributed by atoms with van der Waals surface area (Å²) in [4.78, 5) is 10.1. The Bertz CT molecular complexity index is 195. The third-order valence-electron chi connectivity index (χ3n) is 1.07. The van der Waals surface area contributed by atoms with Gasteiger partial charge in [-0.05, 0) is 6.42 Å². The fraction of sp³-hybridized carbons (Fsp3) is 0.625. The Morgan fingerprint density at radius 2 is 2.42 bits per heavy atom. The van der Waals surface area contributed by atoms with Crippen molar-refractivity contribution < 1.29 is 9.90 Å². The number of carbonyl (C=O) groups is 1. The van der Waals surface area contributed by atoms with Crippen molar-refractivity contribution in [3.63, 3.8) is 0 Å². The zero-order valence-electron chi connectivity index (χ0n) is 6.93. The monoisotopic (exact) mass is 281 g/mol. The van der Waals surface area contributed by atoms with Gasteiger partial charge in [-0.1, -0.05) is 35.4 Å². The topological polar surface area (TPSA) is 49.3 Å². The van der Waals surface area contributed by atoms with Crippen LogP contribution in [0, 0.1) is 11.8 Å². The highest BCUT2D eigenvalue weighted by atomic mass is 127. The molecule has 2 N–H and O–H groups in total. The highest BCUT2D eigenvalue weighted by Gasteiger charge is 2.00. The van der Waals surface area contributed by atoms with E-state index in [9.17, 15) is 4.79 Å². The molecule has 68 valence electrons. The lowest BCUT2D eigenvalue weighted by Crippen LogP contribution is -2.27. The number of halogens is 1. The molecule has 0 radical (unpaired) electrons. The Kier molecular flexibility index (Phi) is 6.96. The van der Waals surface area contributed by atoms with Crippen LogP contribution in [0.1, 0.15) is 19.8 Å². The second-order valence-corrected chi connectivity index (χ2v) is 3.73. The van der Waals surface area contributed by atoms with Crippen LogP contribution in [0.3, 0.4) is 0 Å². The van der Waals surface area contributed by atoms with Crippen molar-refractivity contribution >= 4 is 28.7 Å². The maximum absolute atomic E-state index is 10.1. The van der Waals surface area contributed by atoms with E-state index in [-0.39, 0.29) is 3.92 Å². The van der Waals surface area contributed by atoms with E-state index < -0.39 is 6.09 Å². The van der Waals surface area contributed by atoms with Gasteiger partial charge in [-0.3, -0.25) is 0 Å². The third-order valence-corrected chi connectivity index (χ3v) is 1.82. The normalized spacial score (nSPS) is 11.2. The van der Waals surface area contributed by atoms with Gasteiger partial charge in [0.05, 0.1) is 3.92 Å². The van der Waals surface area contributed by atoms with E-state index in [0.717, 1.165) is 12.8 Å². The predicted octanol–water partition coefficient (Wildman–Crippen LogP) is 1.86. The van der Waals surface area contributed by atoms with Crippen molar-refractivity contribution in [1.82, 2.24) is 5.32 Å². The summed E-state index contributed by atoms with van der Waals surface area (Å²) in [5, 5.41) is 10.6. The van der Waals surface area contributed by atoms with Gasteiger partial charge in [0.2, 0.25) is 0 Å². The first-order valence-electron chi connectivity index (χ1n) is 3.76. The number of hydrogen-bond acceptors (Lipinski definition) is 1. The van der Waals surface area contributed by atoms with Crippen molar-refractivity contribution in [2.45, 2.75) is 23.7 Å². The van der Waals surface area contributed by atoms with Gasteiger partial charge in [0.1, 0.15) is 0 Å². The highest BCUT2D eigenvalue weighted by Crippen LogP contribution is 1.96. The van der Waals surface area contributed by atoms with Gasteiger partial charge in [0.15, 0.2) is 0 Å². The summed E-state index contributed by atoms with van der Waals surface area (Å²) in [5.41, 5.74) is 0. The molecule has 0 fully saturated rings. The third kappa shape index (κ3) is 7.66. The minimum absolute atomic E-state index is 0.0743. The van der Waals surface area contributed by atoms with Crippen molar-refractivity contribution in [3.05, 3.63) is 0 Å². The van der Waals surface area contributed by atoms with Crippen LogP contribution in [0.25, 0.3) is 0 Å². The average Bonchev–Trinajstić information content (AvgIpc) is 2.01. The SMILES string of the molecule is CCCC#CC(I)CNC(=O)O. The molecule has 0 aromatic rings. The second-order valence-electron chi connectivity index (χ2n) is 2.22. The van der Waals surface area contributed by atoms with Crippen LogP contribution in [0.15, 0.2) is 0 Å². The largest absolute Gasteiger partial charge is 0.465 e. The number of carboxylic acid groups (broad SMARTS) is 1. The Hall–Kier alpha value is -0.440. The van der Waals surface area contributed by atoms with Crippen molar-refractivity contribution in [2.75, 3.05) is 6.54 Å². The molecule has 1 atom stereocenters. The minimum atomic E-state index is -0.992. The van der Waals surface area contributed by atoms with Gasteiger partial charge in [0, 0.05) is 13.0 Å². The maximum atomic E-state index is 10.1. The lowest BCUT2D eigenvalue weighted by molar-refractivity contribution is 0.195. The first kappa shape index (κ1) is 11.6. The molecule has 0 aliphatic rings. The number of hydrogen-bond donors (Lipinski definition) is 2. The number of nitrogens with one attached hydrogen (secondary N) is 1. The van der Waals surface area contributed by atoms with Gasteiger partial charge in [-0.15, -0.1) is 5.92 Å². The molecule has 0 aliphatic heterocycles. The molecule has 0 saturated carbocycles. The van der Waals surface area contributed by atoms with E-state index in [1.807, 2.05) is 0 Å². The van der Waals surface area contributed by atoms with Crippen molar-refractivity contribution in [1.29, 1.82) is 0 Å². The van der Waals surface area contributed by atoms with Gasteiger partial charge >= 0.3 is 6.09 Å². The Morgan fingerprint density at radius 3 is 2.92 bits per heavy atom. The van der Waals surface area contributed by atoms with Crippen LogP contribution >= 0.6 is 22.6 Å². The molecule has 0 saturated heterocycles. The highest BCUT2D eigenvalue weighted by molar-refractivity contribution is 14.1. The van der Waals surface area contributed by atoms with E-state index in [4.69, 9.17) is 5.11 Å². The molecule has 0 aromatic heterocycles. The molecule has 0 heterocycles. The fourth-order valence-electron chi connectivity index (χ4n) is 0.536. The molecule has 0 aliphatic carbocycles. The average molecular weight is 281 g/mol. The number of rotatable bonds is 3. The molecule has 1 unspecified atom stereocenters. The van der Waals surface area contributed by atoms with Crippen LogP contribution in [0.5, 0.6) is 0 Å². The molecule has 12 heavy (non-hydrogen) atoms. The Balaban J connectivity index is 3.53. The summed E-state index contributed by atoms with van der Waals surface area (Å²) >= 11 is 2.12. The smallest absolute Gasteiger partial charge is 0.404 e. The summed E-state index contributed by atoms with van der Waals surface area (Å²) < 4.78 is 0.0743. The number of alkyl halides is 1. The standard InChI is InChI=1S/C8H12INO2/c1-2-3-4-5-7(9)6-10-8(11)12/h7,10H,2-3,6H2,1H3,(H,11,12). The van der Waals surface area contributed by atoms with Crippen LogP contribution in [0.4, 0.5) is 4.79 Å². The van der Waals surface area contributed by atoms with Crippen molar-refractivity contribution in [3.8, 4) is 11.8 Å². The molecule has 0 rings (SSSR count). The quantitative estimate of drug-likeness (QED) is 0.471. The van der Waals surface area contributed by atoms with E-state index in [0.29, 0.717) is 6.54 Å². The predicted molar refractivity (Wildman–Crippen MR) is 56.5 cm³/mol. The van der Waals surface area contributed by atoms with Crippen LogP contribution in [-0.2, 0) is 0 Å². The van der Waals surface area contributed by atoms with Crippen LogP contribution in [-0.4, -0.2) is 21.7 Å². The fourth-order valence-corrected chi connectivity index (χ4v) is 0.976. The summed E-state index contributed by atoms with van der Waals surface area (Å²) in [5.74, 6) is 5.92. The van der Waals surface area contributed by atoms with E-state index in [1.54, 1.807) is 0 Å². The molecule has 1 amide bonds. The summed E-state index contributed by atoms with van der Waals surface area (Å²) in [6.07, 6.45) is 0.934. The molecule has 4 heteroatoms. The molecule has 3 nitrogen and oxygen atoms in total. The van der Waals surface area contributed by atoms with Crippen LogP contribution in [0.2, 0.25) is 0 Å². The zero-order chi connectivity index (χ0) is 9.40. The second kappa shape index (κ2) is 7.22.